The van der Waals surface area contributed by atoms with Gasteiger partial charge in [-0.2, -0.15) is 0 Å². The molecule has 34 heavy (non-hydrogen) atoms. The number of pyridine rings is 1. The zero-order valence-electron chi connectivity index (χ0n) is 19.0. The Morgan fingerprint density at radius 2 is 1.88 bits per heavy atom. The molecule has 0 aliphatic carbocycles. The zero-order valence-corrected chi connectivity index (χ0v) is 19.8. The van der Waals surface area contributed by atoms with E-state index in [-0.39, 0.29) is 19.0 Å². The van der Waals surface area contributed by atoms with Gasteiger partial charge in [-0.1, -0.05) is 17.7 Å². The van der Waals surface area contributed by atoms with Crippen LogP contribution < -0.4 is 25.8 Å². The van der Waals surface area contributed by atoms with Crippen LogP contribution in [-0.2, 0) is 20.9 Å². The number of nitrogens with zero attached hydrogens (tertiary/aromatic N) is 4. The number of hydrogen-bond acceptors (Lipinski definition) is 7. The molecule has 1 aromatic heterocycles. The van der Waals surface area contributed by atoms with Crippen molar-refractivity contribution in [2.24, 2.45) is 0 Å². The summed E-state index contributed by atoms with van der Waals surface area (Å²) in [5.41, 5.74) is 1.95. The molecule has 2 aliphatic rings. The Morgan fingerprint density at radius 3 is 2.62 bits per heavy atom. The summed E-state index contributed by atoms with van der Waals surface area (Å²) in [5.74, 6) is -0.780. The van der Waals surface area contributed by atoms with E-state index in [2.05, 4.69) is 37.8 Å². The number of halogens is 1. The lowest BCUT2D eigenvalue weighted by atomic mass is 10.2. The number of carbonyl (C=O) groups is 3. The van der Waals surface area contributed by atoms with E-state index in [1.165, 1.54) is 0 Å². The number of rotatable bonds is 5. The smallest absolute Gasteiger partial charge is 0.313 e. The number of nitrogens with one attached hydrogen (secondary N) is 3. The molecule has 3 N–H and O–H groups in total. The third-order valence-corrected chi connectivity index (χ3v) is 6.20. The summed E-state index contributed by atoms with van der Waals surface area (Å²) in [4.78, 5) is 47.3. The molecule has 10 nitrogen and oxygen atoms in total. The Bertz CT molecular complexity index is 1070. The zero-order chi connectivity index (χ0) is 24.1. The Hall–Kier alpha value is -3.37. The van der Waals surface area contributed by atoms with Gasteiger partial charge in [0, 0.05) is 63.3 Å². The van der Waals surface area contributed by atoms with Gasteiger partial charge in [-0.25, -0.2) is 4.98 Å². The van der Waals surface area contributed by atoms with Crippen LogP contribution in [0.2, 0.25) is 5.02 Å². The summed E-state index contributed by atoms with van der Waals surface area (Å²) in [6, 6.07) is 8.67. The SMILES string of the molecule is CN1CCN(c2ncccc2CNC(=O)C(=O)Nc2ccc(N3CCNC(=O)C3)c(Cl)c2)CC1. The number of hydrogen-bond donors (Lipinski definition) is 3. The number of likely N-dealkylation sites (N-methyl/N-ethyl adjacent to an activating group) is 1. The van der Waals surface area contributed by atoms with E-state index in [0.717, 1.165) is 37.6 Å². The third kappa shape index (κ3) is 5.75. The molecule has 4 rings (SSSR count). The lowest BCUT2D eigenvalue weighted by Gasteiger charge is -2.34. The molecule has 1 aromatic carbocycles. The summed E-state index contributed by atoms with van der Waals surface area (Å²) in [5, 5.41) is 8.41. The highest BCUT2D eigenvalue weighted by atomic mass is 35.5. The van der Waals surface area contributed by atoms with Gasteiger partial charge < -0.3 is 30.7 Å². The topological polar surface area (TPSA) is 110 Å². The molecule has 2 fully saturated rings. The quantitative estimate of drug-likeness (QED) is 0.534. The first-order valence-electron chi connectivity index (χ1n) is 11.2. The molecule has 3 heterocycles. The number of amides is 3. The molecule has 11 heteroatoms. The summed E-state index contributed by atoms with van der Waals surface area (Å²) in [7, 11) is 2.09. The van der Waals surface area contributed by atoms with E-state index in [9.17, 15) is 14.4 Å². The van der Waals surface area contributed by atoms with Gasteiger partial charge in [0.05, 0.1) is 17.3 Å². The Morgan fingerprint density at radius 1 is 1.09 bits per heavy atom. The van der Waals surface area contributed by atoms with Gasteiger partial charge in [-0.3, -0.25) is 14.4 Å². The molecule has 0 unspecified atom stereocenters. The van der Waals surface area contributed by atoms with Crippen molar-refractivity contribution in [1.82, 2.24) is 20.5 Å². The number of anilines is 3. The minimum atomic E-state index is -0.786. The first-order chi connectivity index (χ1) is 16.4. The molecule has 0 radical (unpaired) electrons. The van der Waals surface area contributed by atoms with E-state index in [0.29, 0.717) is 29.5 Å². The van der Waals surface area contributed by atoms with Crippen molar-refractivity contribution in [3.8, 4) is 0 Å². The maximum absolute atomic E-state index is 12.4. The number of benzene rings is 1. The number of carbonyl (C=O) groups excluding carboxylic acids is 3. The molecule has 2 aliphatic heterocycles. The average molecular weight is 486 g/mol. The number of piperazine rings is 2. The first-order valence-corrected chi connectivity index (χ1v) is 11.6. The van der Waals surface area contributed by atoms with E-state index in [1.807, 2.05) is 17.0 Å². The highest BCUT2D eigenvalue weighted by Gasteiger charge is 2.21. The van der Waals surface area contributed by atoms with Crippen molar-refractivity contribution < 1.29 is 14.4 Å². The van der Waals surface area contributed by atoms with Crippen LogP contribution >= 0.6 is 11.6 Å². The van der Waals surface area contributed by atoms with Crippen LogP contribution in [0.4, 0.5) is 17.2 Å². The van der Waals surface area contributed by atoms with Crippen molar-refractivity contribution in [2.75, 3.05) is 68.0 Å². The van der Waals surface area contributed by atoms with Crippen molar-refractivity contribution >= 4 is 46.5 Å². The van der Waals surface area contributed by atoms with Crippen molar-refractivity contribution in [3.63, 3.8) is 0 Å². The van der Waals surface area contributed by atoms with Crippen LogP contribution in [0.3, 0.4) is 0 Å². The predicted molar refractivity (Wildman–Crippen MR) is 131 cm³/mol. The van der Waals surface area contributed by atoms with Crippen LogP contribution in [0.5, 0.6) is 0 Å². The average Bonchev–Trinajstić information content (AvgIpc) is 2.83. The summed E-state index contributed by atoms with van der Waals surface area (Å²) >= 11 is 6.38. The summed E-state index contributed by atoms with van der Waals surface area (Å²) in [6.07, 6.45) is 1.73. The molecule has 3 amide bonds. The predicted octanol–water partition coefficient (Wildman–Crippen LogP) is 0.678. The van der Waals surface area contributed by atoms with Crippen LogP contribution in [0, 0.1) is 0 Å². The lowest BCUT2D eigenvalue weighted by Crippen LogP contribution is -2.47. The van der Waals surface area contributed by atoms with E-state index < -0.39 is 11.8 Å². The minimum Gasteiger partial charge on any atom is -0.359 e. The maximum atomic E-state index is 12.4. The molecular formula is C23H28ClN7O3. The fraction of sp³-hybridized carbons (Fsp3) is 0.391. The Labute approximate surface area is 203 Å². The fourth-order valence-electron chi connectivity index (χ4n) is 4.00. The second-order valence-electron chi connectivity index (χ2n) is 8.35. The molecule has 2 saturated heterocycles. The van der Waals surface area contributed by atoms with Crippen LogP contribution in [0.1, 0.15) is 5.56 Å². The summed E-state index contributed by atoms with van der Waals surface area (Å²) < 4.78 is 0. The fourth-order valence-corrected chi connectivity index (χ4v) is 4.30. The molecule has 0 atom stereocenters. The molecular weight excluding hydrogens is 458 g/mol. The maximum Gasteiger partial charge on any atom is 0.313 e. The largest absolute Gasteiger partial charge is 0.359 e. The Kier molecular flexibility index (Phi) is 7.49. The van der Waals surface area contributed by atoms with Gasteiger partial charge >= 0.3 is 11.8 Å². The van der Waals surface area contributed by atoms with Gasteiger partial charge in [-0.05, 0) is 31.3 Å². The van der Waals surface area contributed by atoms with Gasteiger partial charge in [0.1, 0.15) is 5.82 Å². The second kappa shape index (κ2) is 10.7. The lowest BCUT2D eigenvalue weighted by molar-refractivity contribution is -0.136. The first kappa shape index (κ1) is 23.8. The van der Waals surface area contributed by atoms with Crippen LogP contribution in [0.15, 0.2) is 36.5 Å². The highest BCUT2D eigenvalue weighted by molar-refractivity contribution is 6.40. The van der Waals surface area contributed by atoms with Crippen LogP contribution in [-0.4, -0.2) is 80.5 Å². The molecule has 180 valence electrons. The monoisotopic (exact) mass is 485 g/mol. The molecule has 0 bridgehead atoms. The van der Waals surface area contributed by atoms with E-state index in [1.54, 1.807) is 24.4 Å². The molecule has 2 aromatic rings. The van der Waals surface area contributed by atoms with Gasteiger partial charge in [0.25, 0.3) is 0 Å². The highest BCUT2D eigenvalue weighted by Crippen LogP contribution is 2.29. The van der Waals surface area contributed by atoms with E-state index >= 15 is 0 Å². The molecule has 0 saturated carbocycles. The van der Waals surface area contributed by atoms with Crippen molar-refractivity contribution in [2.45, 2.75) is 6.54 Å². The van der Waals surface area contributed by atoms with Gasteiger partial charge in [-0.15, -0.1) is 0 Å². The second-order valence-corrected chi connectivity index (χ2v) is 8.76. The minimum absolute atomic E-state index is 0.0687. The standard InChI is InChI=1S/C23H28ClN7O3/c1-29-9-11-30(12-10-29)21-16(3-2-6-26-21)14-27-22(33)23(34)28-17-4-5-19(18(24)13-17)31-8-7-25-20(32)15-31/h2-6,13H,7-12,14-15H2,1H3,(H,25,32)(H,27,33)(H,28,34). The molecule has 0 spiro atoms. The van der Waals surface area contributed by atoms with Crippen LogP contribution in [0.25, 0.3) is 0 Å². The van der Waals surface area contributed by atoms with Crippen molar-refractivity contribution in [3.05, 3.63) is 47.1 Å². The third-order valence-electron chi connectivity index (χ3n) is 5.90. The van der Waals surface area contributed by atoms with Gasteiger partial charge in [0.15, 0.2) is 0 Å². The van der Waals surface area contributed by atoms with E-state index in [4.69, 9.17) is 11.6 Å². The normalized spacial score (nSPS) is 16.7. The summed E-state index contributed by atoms with van der Waals surface area (Å²) in [6.45, 7) is 5.19. The Balaban J connectivity index is 1.34. The van der Waals surface area contributed by atoms with Gasteiger partial charge in [0.2, 0.25) is 5.91 Å². The number of aromatic nitrogens is 1. The van der Waals surface area contributed by atoms with Crippen molar-refractivity contribution in [1.29, 1.82) is 0 Å².